The molecule has 0 aromatic carbocycles. The lowest BCUT2D eigenvalue weighted by Crippen LogP contribution is -2.47. The smallest absolute Gasteiger partial charge is 0.233 e. The van der Waals surface area contributed by atoms with Crippen molar-refractivity contribution in [2.45, 2.75) is 32.1 Å². The number of nitrogens with one attached hydrogen (secondary N) is 1. The second-order valence-corrected chi connectivity index (χ2v) is 5.46. The topological polar surface area (TPSA) is 85.8 Å². The predicted octanol–water partition coefficient (Wildman–Crippen LogP) is 0.320. The Balaban J connectivity index is 1.90. The second-order valence-electron chi connectivity index (χ2n) is 5.02. The van der Waals surface area contributed by atoms with E-state index in [-0.39, 0.29) is 5.91 Å². The van der Waals surface area contributed by atoms with E-state index < -0.39 is 5.41 Å². The van der Waals surface area contributed by atoms with Gasteiger partial charge in [0, 0.05) is 20.0 Å². The van der Waals surface area contributed by atoms with E-state index in [1.165, 1.54) is 0 Å². The number of thiocarbonyl (C=S) groups is 1. The average molecular weight is 281 g/mol. The van der Waals surface area contributed by atoms with Crippen LogP contribution in [-0.4, -0.2) is 32.2 Å². The molecule has 1 aliphatic carbocycles. The summed E-state index contributed by atoms with van der Waals surface area (Å²) in [4.78, 5) is 12.6. The number of rotatable bonds is 5. The summed E-state index contributed by atoms with van der Waals surface area (Å²) in [6.07, 6.45) is 5.83. The fourth-order valence-corrected chi connectivity index (χ4v) is 2.85. The zero-order valence-electron chi connectivity index (χ0n) is 11.1. The fourth-order valence-electron chi connectivity index (χ4n) is 2.55. The third-order valence-electron chi connectivity index (χ3n) is 3.80. The molecule has 0 unspecified atom stereocenters. The van der Waals surface area contributed by atoms with Crippen LogP contribution in [0.15, 0.2) is 6.33 Å². The summed E-state index contributed by atoms with van der Waals surface area (Å²) in [6, 6.07) is 0. The Labute approximate surface area is 117 Å². The minimum atomic E-state index is -0.630. The molecule has 19 heavy (non-hydrogen) atoms. The summed E-state index contributed by atoms with van der Waals surface area (Å²) in [6.45, 7) is 0.524. The Kier molecular flexibility index (Phi) is 4.14. The first-order valence-corrected chi connectivity index (χ1v) is 6.88. The molecule has 7 heteroatoms. The van der Waals surface area contributed by atoms with Crippen molar-refractivity contribution in [2.24, 2.45) is 18.2 Å². The van der Waals surface area contributed by atoms with E-state index in [1.807, 2.05) is 11.6 Å². The van der Waals surface area contributed by atoms with Gasteiger partial charge in [-0.25, -0.2) is 0 Å². The number of nitrogens with zero attached hydrogens (tertiary/aromatic N) is 3. The highest BCUT2D eigenvalue weighted by Crippen LogP contribution is 2.38. The Hall–Kier alpha value is -1.50. The molecule has 1 amide bonds. The highest BCUT2D eigenvalue weighted by Gasteiger charge is 2.43. The molecule has 3 N–H and O–H groups in total. The standard InChI is InChI=1S/C12H19N5OS/c1-17-8-15-16-9(17)4-7-14-11(18)12(10(13)19)5-2-3-6-12/h8H,2-7H2,1H3,(H2,13,19)(H,14,18). The molecule has 0 aliphatic heterocycles. The van der Waals surface area contributed by atoms with Gasteiger partial charge in [0.2, 0.25) is 5.91 Å². The quantitative estimate of drug-likeness (QED) is 0.759. The van der Waals surface area contributed by atoms with Gasteiger partial charge in [-0.1, -0.05) is 25.1 Å². The molecule has 0 radical (unpaired) electrons. The van der Waals surface area contributed by atoms with Crippen LogP contribution in [0.5, 0.6) is 0 Å². The van der Waals surface area contributed by atoms with Crippen molar-refractivity contribution in [1.82, 2.24) is 20.1 Å². The Bertz CT molecular complexity index is 478. The van der Waals surface area contributed by atoms with E-state index in [9.17, 15) is 4.79 Å². The SMILES string of the molecule is Cn1cnnc1CCNC(=O)C1(C(N)=S)CCCC1. The van der Waals surface area contributed by atoms with Crippen LogP contribution in [0.1, 0.15) is 31.5 Å². The summed E-state index contributed by atoms with van der Waals surface area (Å²) in [7, 11) is 1.88. The summed E-state index contributed by atoms with van der Waals surface area (Å²) >= 11 is 5.09. The van der Waals surface area contributed by atoms with Gasteiger partial charge < -0.3 is 15.6 Å². The Morgan fingerprint density at radius 1 is 1.58 bits per heavy atom. The number of aromatic nitrogens is 3. The molecule has 2 rings (SSSR count). The molecular weight excluding hydrogens is 262 g/mol. The monoisotopic (exact) mass is 281 g/mol. The molecule has 1 aromatic rings. The first-order valence-electron chi connectivity index (χ1n) is 6.47. The molecule has 104 valence electrons. The van der Waals surface area contributed by atoms with E-state index in [0.29, 0.717) is 18.0 Å². The number of aryl methyl sites for hydroxylation is 1. The number of amides is 1. The molecule has 0 saturated heterocycles. The van der Waals surface area contributed by atoms with Crippen molar-refractivity contribution >= 4 is 23.1 Å². The van der Waals surface area contributed by atoms with Crippen molar-refractivity contribution in [3.05, 3.63) is 12.2 Å². The number of hydrogen-bond donors (Lipinski definition) is 2. The average Bonchev–Trinajstić information content (AvgIpc) is 2.99. The van der Waals surface area contributed by atoms with E-state index in [4.69, 9.17) is 18.0 Å². The fraction of sp³-hybridized carbons (Fsp3) is 0.667. The molecule has 1 heterocycles. The van der Waals surface area contributed by atoms with Crippen LogP contribution in [-0.2, 0) is 18.3 Å². The molecule has 0 atom stereocenters. The van der Waals surface area contributed by atoms with E-state index >= 15 is 0 Å². The van der Waals surface area contributed by atoms with Crippen LogP contribution in [0.25, 0.3) is 0 Å². The van der Waals surface area contributed by atoms with Crippen LogP contribution in [0.2, 0.25) is 0 Å². The van der Waals surface area contributed by atoms with Gasteiger partial charge >= 0.3 is 0 Å². The first kappa shape index (κ1) is 13.9. The number of carbonyl (C=O) groups excluding carboxylic acids is 1. The zero-order valence-corrected chi connectivity index (χ0v) is 11.9. The van der Waals surface area contributed by atoms with E-state index in [2.05, 4.69) is 15.5 Å². The molecular formula is C12H19N5OS. The number of carbonyl (C=O) groups is 1. The van der Waals surface area contributed by atoms with Crippen LogP contribution in [0.4, 0.5) is 0 Å². The molecule has 1 saturated carbocycles. The van der Waals surface area contributed by atoms with Crippen LogP contribution in [0, 0.1) is 5.41 Å². The highest BCUT2D eigenvalue weighted by atomic mass is 32.1. The molecule has 1 aliphatic rings. The number of hydrogen-bond acceptors (Lipinski definition) is 4. The molecule has 0 spiro atoms. The van der Waals surface area contributed by atoms with Crippen molar-refractivity contribution in [1.29, 1.82) is 0 Å². The van der Waals surface area contributed by atoms with Crippen molar-refractivity contribution in [3.8, 4) is 0 Å². The van der Waals surface area contributed by atoms with Crippen molar-refractivity contribution in [2.75, 3.05) is 6.54 Å². The lowest BCUT2D eigenvalue weighted by Gasteiger charge is -2.26. The third kappa shape index (κ3) is 2.75. The minimum absolute atomic E-state index is 0.0420. The van der Waals surface area contributed by atoms with E-state index in [0.717, 1.165) is 31.5 Å². The summed E-state index contributed by atoms with van der Waals surface area (Å²) in [5.74, 6) is 0.802. The summed E-state index contributed by atoms with van der Waals surface area (Å²) in [5.41, 5.74) is 5.14. The normalized spacial score (nSPS) is 17.3. The Morgan fingerprint density at radius 3 is 2.79 bits per heavy atom. The van der Waals surface area contributed by atoms with Gasteiger partial charge in [0.05, 0.1) is 10.4 Å². The lowest BCUT2D eigenvalue weighted by molar-refractivity contribution is -0.127. The van der Waals surface area contributed by atoms with Gasteiger partial charge in [0.25, 0.3) is 0 Å². The van der Waals surface area contributed by atoms with Crippen LogP contribution >= 0.6 is 12.2 Å². The summed E-state index contributed by atoms with van der Waals surface area (Å²) in [5, 5.41) is 10.7. The summed E-state index contributed by atoms with van der Waals surface area (Å²) < 4.78 is 1.84. The molecule has 1 aromatic heterocycles. The first-order chi connectivity index (χ1) is 9.06. The van der Waals surface area contributed by atoms with Gasteiger partial charge in [-0.3, -0.25) is 4.79 Å². The van der Waals surface area contributed by atoms with Crippen LogP contribution in [0.3, 0.4) is 0 Å². The largest absolute Gasteiger partial charge is 0.392 e. The van der Waals surface area contributed by atoms with E-state index in [1.54, 1.807) is 6.33 Å². The van der Waals surface area contributed by atoms with Crippen molar-refractivity contribution in [3.63, 3.8) is 0 Å². The van der Waals surface area contributed by atoms with Gasteiger partial charge in [-0.2, -0.15) is 0 Å². The molecule has 0 bridgehead atoms. The second kappa shape index (κ2) is 5.64. The maximum Gasteiger partial charge on any atom is 0.233 e. The Morgan fingerprint density at radius 2 is 2.26 bits per heavy atom. The van der Waals surface area contributed by atoms with Crippen LogP contribution < -0.4 is 11.1 Å². The third-order valence-corrected chi connectivity index (χ3v) is 4.19. The lowest BCUT2D eigenvalue weighted by atomic mass is 9.85. The predicted molar refractivity (Wildman–Crippen MR) is 75.4 cm³/mol. The zero-order chi connectivity index (χ0) is 13.9. The maximum atomic E-state index is 12.3. The molecule has 1 fully saturated rings. The van der Waals surface area contributed by atoms with Gasteiger partial charge in [0.15, 0.2) is 0 Å². The van der Waals surface area contributed by atoms with Gasteiger partial charge in [-0.15, -0.1) is 10.2 Å². The highest BCUT2D eigenvalue weighted by molar-refractivity contribution is 7.80. The van der Waals surface area contributed by atoms with Gasteiger partial charge in [-0.05, 0) is 12.8 Å². The maximum absolute atomic E-state index is 12.3. The minimum Gasteiger partial charge on any atom is -0.392 e. The van der Waals surface area contributed by atoms with Gasteiger partial charge in [0.1, 0.15) is 12.2 Å². The molecule has 6 nitrogen and oxygen atoms in total. The number of nitrogens with two attached hydrogens (primary N) is 1. The van der Waals surface area contributed by atoms with Crippen molar-refractivity contribution < 1.29 is 4.79 Å².